The maximum Gasteiger partial charge on any atom is 0.231 e. The fraction of sp³-hybridized carbons (Fsp3) is 0.250. The number of ether oxygens (including phenoxy) is 2. The summed E-state index contributed by atoms with van der Waals surface area (Å²) in [6, 6.07) is 12.2. The van der Waals surface area contributed by atoms with Gasteiger partial charge in [-0.2, -0.15) is 0 Å². The summed E-state index contributed by atoms with van der Waals surface area (Å²) >= 11 is 9.42. The van der Waals surface area contributed by atoms with Gasteiger partial charge < -0.3 is 14.8 Å². The van der Waals surface area contributed by atoms with E-state index in [4.69, 9.17) is 21.1 Å². The maximum absolute atomic E-state index is 5.91. The molecule has 1 heterocycles. The van der Waals surface area contributed by atoms with Crippen LogP contribution in [0.15, 0.2) is 40.9 Å². The van der Waals surface area contributed by atoms with E-state index in [0.717, 1.165) is 33.1 Å². The molecular formula is C16H15BrClNO2. The number of hydrogen-bond acceptors (Lipinski definition) is 3. The average Bonchev–Trinajstić information content (AvgIpc) is 2.94. The van der Waals surface area contributed by atoms with Crippen molar-refractivity contribution >= 4 is 27.5 Å². The summed E-state index contributed by atoms with van der Waals surface area (Å²) in [6.07, 6.45) is 0. The van der Waals surface area contributed by atoms with Gasteiger partial charge >= 0.3 is 0 Å². The Labute approximate surface area is 137 Å². The molecule has 0 unspecified atom stereocenters. The molecule has 3 nitrogen and oxygen atoms in total. The van der Waals surface area contributed by atoms with E-state index in [9.17, 15) is 0 Å². The zero-order chi connectivity index (χ0) is 14.8. The molecule has 0 spiro atoms. The highest BCUT2D eigenvalue weighted by molar-refractivity contribution is 9.10. The SMILES string of the molecule is C[C@@H](NCc1cc(Br)c2c(c1)OCO2)c1ccc(Cl)cc1. The molecule has 0 amide bonds. The molecule has 0 bridgehead atoms. The third-order valence-corrected chi connectivity index (χ3v) is 4.31. The van der Waals surface area contributed by atoms with Crippen LogP contribution in [0.25, 0.3) is 0 Å². The minimum absolute atomic E-state index is 0.242. The Hall–Kier alpha value is -1.23. The second-order valence-electron chi connectivity index (χ2n) is 4.97. The topological polar surface area (TPSA) is 30.5 Å². The molecule has 0 fully saturated rings. The summed E-state index contributed by atoms with van der Waals surface area (Å²) < 4.78 is 11.7. The van der Waals surface area contributed by atoms with Crippen LogP contribution in [0.5, 0.6) is 11.5 Å². The standard InChI is InChI=1S/C16H15BrClNO2/c1-10(12-2-4-13(18)5-3-12)19-8-11-6-14(17)16-15(7-11)20-9-21-16/h2-7,10,19H,8-9H2,1H3/t10-/m1/s1. The lowest BCUT2D eigenvalue weighted by Gasteiger charge is -2.15. The summed E-state index contributed by atoms with van der Waals surface area (Å²) in [5.74, 6) is 1.57. The summed E-state index contributed by atoms with van der Waals surface area (Å²) in [5, 5.41) is 4.25. The van der Waals surface area contributed by atoms with Gasteiger partial charge in [-0.05, 0) is 58.2 Å². The van der Waals surface area contributed by atoms with Crippen molar-refractivity contribution in [1.82, 2.24) is 5.32 Å². The Morgan fingerprint density at radius 2 is 2.00 bits per heavy atom. The molecule has 2 aromatic carbocycles. The molecule has 5 heteroatoms. The second-order valence-corrected chi connectivity index (χ2v) is 6.26. The van der Waals surface area contributed by atoms with Gasteiger partial charge in [-0.25, -0.2) is 0 Å². The monoisotopic (exact) mass is 367 g/mol. The van der Waals surface area contributed by atoms with Crippen LogP contribution in [0.3, 0.4) is 0 Å². The maximum atomic E-state index is 5.91. The molecule has 0 aromatic heterocycles. The summed E-state index contributed by atoms with van der Waals surface area (Å²) in [7, 11) is 0. The van der Waals surface area contributed by atoms with E-state index in [-0.39, 0.29) is 12.8 Å². The van der Waals surface area contributed by atoms with Gasteiger partial charge in [0.2, 0.25) is 6.79 Å². The zero-order valence-electron chi connectivity index (χ0n) is 11.5. The van der Waals surface area contributed by atoms with Crippen LogP contribution in [0.1, 0.15) is 24.1 Å². The molecule has 0 radical (unpaired) electrons. The first-order valence-electron chi connectivity index (χ1n) is 6.70. The molecule has 1 atom stereocenters. The van der Waals surface area contributed by atoms with Crippen molar-refractivity contribution in [3.05, 3.63) is 57.0 Å². The molecule has 1 N–H and O–H groups in total. The smallest absolute Gasteiger partial charge is 0.231 e. The summed E-state index contributed by atoms with van der Waals surface area (Å²) in [4.78, 5) is 0. The van der Waals surface area contributed by atoms with Gasteiger partial charge in [0.1, 0.15) is 0 Å². The molecular weight excluding hydrogens is 354 g/mol. The zero-order valence-corrected chi connectivity index (χ0v) is 13.9. The van der Waals surface area contributed by atoms with E-state index in [1.807, 2.05) is 30.3 Å². The van der Waals surface area contributed by atoms with E-state index < -0.39 is 0 Å². The molecule has 1 aliphatic heterocycles. The van der Waals surface area contributed by atoms with Gasteiger partial charge in [0.25, 0.3) is 0 Å². The van der Waals surface area contributed by atoms with Crippen LogP contribution in [-0.2, 0) is 6.54 Å². The van der Waals surface area contributed by atoms with Gasteiger partial charge in [-0.15, -0.1) is 0 Å². The number of nitrogens with one attached hydrogen (secondary N) is 1. The van der Waals surface area contributed by atoms with Gasteiger partial charge in [-0.3, -0.25) is 0 Å². The van der Waals surface area contributed by atoms with Crippen LogP contribution in [0, 0.1) is 0 Å². The molecule has 3 rings (SSSR count). The molecule has 0 aliphatic carbocycles. The second kappa shape index (κ2) is 6.26. The number of benzene rings is 2. The van der Waals surface area contributed by atoms with Crippen molar-refractivity contribution in [2.75, 3.05) is 6.79 Å². The van der Waals surface area contributed by atoms with Crippen molar-refractivity contribution in [1.29, 1.82) is 0 Å². The Morgan fingerprint density at radius 3 is 2.76 bits per heavy atom. The first kappa shape index (κ1) is 14.7. The highest BCUT2D eigenvalue weighted by Gasteiger charge is 2.18. The first-order chi connectivity index (χ1) is 10.1. The third-order valence-electron chi connectivity index (χ3n) is 3.47. The lowest BCUT2D eigenvalue weighted by molar-refractivity contribution is 0.173. The number of halogens is 2. The van der Waals surface area contributed by atoms with Crippen molar-refractivity contribution in [3.8, 4) is 11.5 Å². The molecule has 1 aliphatic rings. The van der Waals surface area contributed by atoms with Gasteiger partial charge in [0.05, 0.1) is 4.47 Å². The summed E-state index contributed by atoms with van der Waals surface area (Å²) in [6.45, 7) is 3.16. The normalized spacial score (nSPS) is 14.2. The predicted octanol–water partition coefficient (Wildman–Crippen LogP) is 4.68. The lowest BCUT2D eigenvalue weighted by atomic mass is 10.1. The third kappa shape index (κ3) is 3.34. The molecule has 110 valence electrons. The van der Waals surface area contributed by atoms with Crippen molar-refractivity contribution in [2.45, 2.75) is 19.5 Å². The molecule has 0 saturated heterocycles. The largest absolute Gasteiger partial charge is 0.454 e. The van der Waals surface area contributed by atoms with Gasteiger partial charge in [-0.1, -0.05) is 23.7 Å². The fourth-order valence-electron chi connectivity index (χ4n) is 2.26. The predicted molar refractivity (Wildman–Crippen MR) is 87.0 cm³/mol. The molecule has 0 saturated carbocycles. The van der Waals surface area contributed by atoms with Gasteiger partial charge in [0.15, 0.2) is 11.5 Å². The highest BCUT2D eigenvalue weighted by atomic mass is 79.9. The Kier molecular flexibility index (Phi) is 4.38. The first-order valence-corrected chi connectivity index (χ1v) is 7.87. The van der Waals surface area contributed by atoms with Crippen LogP contribution in [0.2, 0.25) is 5.02 Å². The number of fused-ring (bicyclic) bond motifs is 1. The van der Waals surface area contributed by atoms with E-state index >= 15 is 0 Å². The Morgan fingerprint density at radius 1 is 1.24 bits per heavy atom. The minimum atomic E-state index is 0.242. The Balaban J connectivity index is 1.67. The van der Waals surface area contributed by atoms with E-state index in [0.29, 0.717) is 0 Å². The average molecular weight is 369 g/mol. The minimum Gasteiger partial charge on any atom is -0.454 e. The lowest BCUT2D eigenvalue weighted by Crippen LogP contribution is -2.18. The van der Waals surface area contributed by atoms with E-state index in [1.165, 1.54) is 5.56 Å². The van der Waals surface area contributed by atoms with E-state index in [2.05, 4.69) is 34.2 Å². The number of hydrogen-bond donors (Lipinski definition) is 1. The quantitative estimate of drug-likeness (QED) is 0.850. The number of rotatable bonds is 4. The van der Waals surface area contributed by atoms with Crippen LogP contribution < -0.4 is 14.8 Å². The molecule has 21 heavy (non-hydrogen) atoms. The van der Waals surface area contributed by atoms with Crippen LogP contribution >= 0.6 is 27.5 Å². The van der Waals surface area contributed by atoms with Crippen molar-refractivity contribution < 1.29 is 9.47 Å². The molecule has 2 aromatic rings. The Bertz CT molecular complexity index is 645. The fourth-order valence-corrected chi connectivity index (χ4v) is 2.99. The van der Waals surface area contributed by atoms with Crippen molar-refractivity contribution in [2.24, 2.45) is 0 Å². The van der Waals surface area contributed by atoms with Crippen LogP contribution in [-0.4, -0.2) is 6.79 Å². The van der Waals surface area contributed by atoms with Crippen molar-refractivity contribution in [3.63, 3.8) is 0 Å². The summed E-state index contributed by atoms with van der Waals surface area (Å²) in [5.41, 5.74) is 2.35. The highest BCUT2D eigenvalue weighted by Crippen LogP contribution is 2.40. The van der Waals surface area contributed by atoms with Crippen LogP contribution in [0.4, 0.5) is 0 Å². The van der Waals surface area contributed by atoms with Gasteiger partial charge in [0, 0.05) is 17.6 Å². The van der Waals surface area contributed by atoms with E-state index in [1.54, 1.807) is 0 Å².